The molecule has 0 N–H and O–H groups in total. The van der Waals surface area contributed by atoms with E-state index in [0.717, 1.165) is 34.8 Å². The third-order valence-electron chi connectivity index (χ3n) is 6.19. The van der Waals surface area contributed by atoms with Gasteiger partial charge in [-0.2, -0.15) is 13.2 Å². The average molecular weight is 599 g/mol. The number of likely N-dealkylation sites (tertiary alicyclic amines) is 1. The lowest BCUT2D eigenvalue weighted by Gasteiger charge is -2.34. The van der Waals surface area contributed by atoms with Crippen LogP contribution in [0, 0.1) is 6.92 Å². The maximum atomic E-state index is 13.4. The zero-order valence-electron chi connectivity index (χ0n) is 21.9. The number of fused-ring (bicyclic) bond motifs is 1. The van der Waals surface area contributed by atoms with Gasteiger partial charge < -0.3 is 23.7 Å². The first-order valence-corrected chi connectivity index (χ1v) is 12.9. The highest BCUT2D eigenvalue weighted by Gasteiger charge is 2.33. The van der Waals surface area contributed by atoms with Crippen LogP contribution in [0.25, 0.3) is 22.3 Å². The van der Waals surface area contributed by atoms with E-state index >= 15 is 0 Å². The Kier molecular flexibility index (Phi) is 7.94. The maximum Gasteiger partial charge on any atom is 0.416 e. The summed E-state index contributed by atoms with van der Waals surface area (Å²) in [5.74, 6) is 0.00339. The van der Waals surface area contributed by atoms with E-state index in [1.807, 2.05) is 31.5 Å². The Hall–Kier alpha value is -2.86. The normalized spacial score (nSPS) is 16.7. The summed E-state index contributed by atoms with van der Waals surface area (Å²) in [5.41, 5.74) is 0.302. The van der Waals surface area contributed by atoms with Gasteiger partial charge in [0, 0.05) is 41.8 Å². The molecule has 4 rings (SSSR count). The highest BCUT2D eigenvalue weighted by atomic mass is 79.9. The third kappa shape index (κ3) is 6.06. The third-order valence-corrected chi connectivity index (χ3v) is 6.82. The molecule has 1 saturated heterocycles. The van der Waals surface area contributed by atoms with Crippen LogP contribution in [0.5, 0.6) is 5.75 Å². The Morgan fingerprint density at radius 2 is 1.92 bits per heavy atom. The van der Waals surface area contributed by atoms with Crippen LogP contribution in [0.4, 0.5) is 18.0 Å². The van der Waals surface area contributed by atoms with Crippen molar-refractivity contribution in [2.75, 3.05) is 27.0 Å². The lowest BCUT2D eigenvalue weighted by molar-refractivity contribution is -0.137. The van der Waals surface area contributed by atoms with Crippen LogP contribution in [0.2, 0.25) is 0 Å². The summed E-state index contributed by atoms with van der Waals surface area (Å²) in [7, 11) is 1.39. The molecule has 0 bridgehead atoms. The van der Waals surface area contributed by atoms with Gasteiger partial charge in [-0.25, -0.2) is 4.79 Å². The molecule has 0 spiro atoms. The van der Waals surface area contributed by atoms with Crippen molar-refractivity contribution in [3.8, 4) is 17.0 Å². The number of nitrogens with zero attached hydrogens (tertiary/aromatic N) is 4. The summed E-state index contributed by atoms with van der Waals surface area (Å²) in [6, 6.07) is 3.74. The predicted octanol–water partition coefficient (Wildman–Crippen LogP) is 6.74. The molecular weight excluding hydrogens is 569 g/mol. The number of benzene rings is 1. The number of carbonyl (C=O) groups excluding carboxylic acids is 1. The molecule has 0 aliphatic carbocycles. The number of carbonyl (C=O) groups is 1. The van der Waals surface area contributed by atoms with Crippen LogP contribution in [0.15, 0.2) is 28.9 Å². The summed E-state index contributed by atoms with van der Waals surface area (Å²) >= 11 is 3.60. The second-order valence-corrected chi connectivity index (χ2v) is 11.1. The minimum atomic E-state index is -4.53. The predicted molar refractivity (Wildman–Crippen MR) is 139 cm³/mol. The van der Waals surface area contributed by atoms with Crippen molar-refractivity contribution in [1.82, 2.24) is 19.7 Å². The van der Waals surface area contributed by atoms with Gasteiger partial charge in [-0.05, 0) is 80.2 Å². The van der Waals surface area contributed by atoms with E-state index in [-0.39, 0.29) is 24.7 Å². The number of hydrogen-bond donors (Lipinski definition) is 0. The Morgan fingerprint density at radius 3 is 2.58 bits per heavy atom. The first-order chi connectivity index (χ1) is 17.8. The smallest absolute Gasteiger partial charge is 0.416 e. The van der Waals surface area contributed by atoms with E-state index in [2.05, 4.69) is 26.1 Å². The second kappa shape index (κ2) is 10.7. The standard InChI is InChI=1S/C26H30BrF3N4O4/c1-15-9-16(26(28,29)30)10-21(37-14-36-5)22(15)20-11-18-19(27)13-34(23(18)32-31-20)17-7-6-8-33(12-17)24(35)38-25(2,3)4/h9-11,13,17H,6-8,12,14H2,1-5H3/t17-/m1/s1. The molecule has 1 aliphatic heterocycles. The Balaban J connectivity index is 1.70. The van der Waals surface area contributed by atoms with Crippen LogP contribution >= 0.6 is 15.9 Å². The van der Waals surface area contributed by atoms with E-state index in [9.17, 15) is 18.0 Å². The van der Waals surface area contributed by atoms with Crippen molar-refractivity contribution in [1.29, 1.82) is 0 Å². The number of hydrogen-bond acceptors (Lipinski definition) is 6. The fourth-order valence-corrected chi connectivity index (χ4v) is 5.07. The topological polar surface area (TPSA) is 78.7 Å². The number of piperidine rings is 1. The van der Waals surface area contributed by atoms with Crippen LogP contribution in [-0.2, 0) is 15.7 Å². The Morgan fingerprint density at radius 1 is 1.18 bits per heavy atom. The molecule has 0 saturated carbocycles. The lowest BCUT2D eigenvalue weighted by Crippen LogP contribution is -2.43. The molecule has 3 aromatic rings. The molecule has 1 atom stereocenters. The molecule has 8 nitrogen and oxygen atoms in total. The second-order valence-electron chi connectivity index (χ2n) is 10.3. The monoisotopic (exact) mass is 598 g/mol. The number of rotatable bonds is 5. The van der Waals surface area contributed by atoms with Crippen LogP contribution in [0.3, 0.4) is 0 Å². The summed E-state index contributed by atoms with van der Waals surface area (Å²) in [6.45, 7) is 7.92. The number of ether oxygens (including phenoxy) is 3. The number of aromatic nitrogens is 3. The van der Waals surface area contributed by atoms with E-state index in [1.165, 1.54) is 7.11 Å². The van der Waals surface area contributed by atoms with Crippen molar-refractivity contribution < 1.29 is 32.2 Å². The van der Waals surface area contributed by atoms with Crippen molar-refractivity contribution in [3.63, 3.8) is 0 Å². The van der Waals surface area contributed by atoms with Gasteiger partial charge in [0.2, 0.25) is 0 Å². The zero-order chi connectivity index (χ0) is 27.8. The molecule has 0 unspecified atom stereocenters. The van der Waals surface area contributed by atoms with Gasteiger partial charge in [0.05, 0.1) is 17.3 Å². The molecule has 3 heterocycles. The summed E-state index contributed by atoms with van der Waals surface area (Å²) in [6.07, 6.45) is -1.34. The van der Waals surface area contributed by atoms with Crippen molar-refractivity contribution in [2.24, 2.45) is 0 Å². The first-order valence-electron chi connectivity index (χ1n) is 12.1. The lowest BCUT2D eigenvalue weighted by atomic mass is 10.00. The number of halogens is 4. The molecular formula is C26H30BrF3N4O4. The van der Waals surface area contributed by atoms with Crippen molar-refractivity contribution in [2.45, 2.75) is 58.4 Å². The summed E-state index contributed by atoms with van der Waals surface area (Å²) in [5, 5.41) is 9.56. The first kappa shape index (κ1) is 28.2. The average Bonchev–Trinajstić information content (AvgIpc) is 3.16. The van der Waals surface area contributed by atoms with Crippen LogP contribution in [0.1, 0.15) is 50.8 Å². The largest absolute Gasteiger partial charge is 0.467 e. The minimum Gasteiger partial charge on any atom is -0.467 e. The molecule has 1 aliphatic rings. The minimum absolute atomic E-state index is 0.00339. The fraction of sp³-hybridized carbons (Fsp3) is 0.500. The molecule has 1 fully saturated rings. The van der Waals surface area contributed by atoms with E-state index < -0.39 is 17.3 Å². The van der Waals surface area contributed by atoms with Gasteiger partial charge in [-0.1, -0.05) is 0 Å². The number of aryl methyl sites for hydroxylation is 1. The molecule has 206 valence electrons. The SMILES string of the molecule is COCOc1cc(C(F)(F)F)cc(C)c1-c1cc2c(Br)cn([C@@H]3CCCN(C(=O)OC(C)(C)C)C3)c2nn1. The van der Waals surface area contributed by atoms with E-state index in [4.69, 9.17) is 14.2 Å². The molecule has 1 amide bonds. The van der Waals surface area contributed by atoms with Gasteiger partial charge in [0.25, 0.3) is 0 Å². The molecule has 0 radical (unpaired) electrons. The molecule has 1 aromatic carbocycles. The number of alkyl halides is 3. The van der Waals surface area contributed by atoms with E-state index in [0.29, 0.717) is 35.6 Å². The summed E-state index contributed by atoms with van der Waals surface area (Å²) < 4.78 is 59.1. The number of methoxy groups -OCH3 is 1. The number of amides is 1. The van der Waals surface area contributed by atoms with E-state index in [1.54, 1.807) is 17.9 Å². The van der Waals surface area contributed by atoms with Crippen molar-refractivity contribution in [3.05, 3.63) is 40.0 Å². The Bertz CT molecular complexity index is 1340. The fourth-order valence-electron chi connectivity index (χ4n) is 4.56. The Labute approximate surface area is 227 Å². The van der Waals surface area contributed by atoms with Gasteiger partial charge in [-0.15, -0.1) is 10.2 Å². The van der Waals surface area contributed by atoms with Gasteiger partial charge in [0.1, 0.15) is 11.4 Å². The summed E-state index contributed by atoms with van der Waals surface area (Å²) in [4.78, 5) is 14.4. The molecule has 12 heteroatoms. The van der Waals surface area contributed by atoms with Gasteiger partial charge >= 0.3 is 12.3 Å². The molecule has 38 heavy (non-hydrogen) atoms. The quantitative estimate of drug-likeness (QED) is 0.302. The zero-order valence-corrected chi connectivity index (χ0v) is 23.4. The van der Waals surface area contributed by atoms with Gasteiger partial charge in [-0.3, -0.25) is 0 Å². The van der Waals surface area contributed by atoms with Crippen LogP contribution in [-0.4, -0.2) is 58.4 Å². The van der Waals surface area contributed by atoms with Crippen LogP contribution < -0.4 is 4.74 Å². The maximum absolute atomic E-state index is 13.4. The highest BCUT2D eigenvalue weighted by Crippen LogP contribution is 2.40. The molecule has 2 aromatic heterocycles. The van der Waals surface area contributed by atoms with Crippen molar-refractivity contribution >= 4 is 33.1 Å². The van der Waals surface area contributed by atoms with Gasteiger partial charge in [0.15, 0.2) is 12.4 Å². The highest BCUT2D eigenvalue weighted by molar-refractivity contribution is 9.10.